The Morgan fingerprint density at radius 1 is 0.574 bits per heavy atom. The van der Waals surface area contributed by atoms with Crippen LogP contribution in [0.3, 0.4) is 0 Å². The van der Waals surface area contributed by atoms with Gasteiger partial charge in [-0.25, -0.2) is 79.9 Å². The van der Waals surface area contributed by atoms with Gasteiger partial charge in [-0.1, -0.05) is 70.3 Å². The lowest BCUT2D eigenvalue weighted by molar-refractivity contribution is -0.121. The molecule has 4 aromatic carbocycles. The minimum Gasteiger partial charge on any atom is -0.508 e. The average Bonchev–Trinajstić information content (AvgIpc) is 0.760. The fraction of sp³-hybridized carbons (Fsp3) is 0.438. The van der Waals surface area contributed by atoms with Crippen LogP contribution in [0.1, 0.15) is 134 Å². The number of halogens is 6. The van der Waals surface area contributed by atoms with Crippen LogP contribution in [0.2, 0.25) is 0 Å². The second-order valence-electron chi connectivity index (χ2n) is 24.9. The molecular weight excluding hydrogens is 1440 g/mol. The van der Waals surface area contributed by atoms with Crippen molar-refractivity contribution in [2.24, 2.45) is 10.3 Å². The number of sulfone groups is 2. The van der Waals surface area contributed by atoms with Gasteiger partial charge in [0.15, 0.2) is 74.9 Å². The number of aromatic carboxylic acids is 1. The van der Waals surface area contributed by atoms with Crippen LogP contribution >= 0.6 is 12.2 Å². The van der Waals surface area contributed by atoms with Crippen molar-refractivity contribution < 1.29 is 98.6 Å². The lowest BCUT2D eigenvalue weighted by atomic mass is 9.90. The quantitative estimate of drug-likeness (QED) is 0.00937. The van der Waals surface area contributed by atoms with E-state index in [-0.39, 0.29) is 70.6 Å². The van der Waals surface area contributed by atoms with Gasteiger partial charge in [0, 0.05) is 85.4 Å². The number of hydrogen-bond donors (Lipinski definition) is 11. The van der Waals surface area contributed by atoms with Crippen molar-refractivity contribution in [1.29, 1.82) is 0 Å². The first kappa shape index (κ1) is 80.0. The zero-order valence-corrected chi connectivity index (χ0v) is 59.0. The van der Waals surface area contributed by atoms with Gasteiger partial charge < -0.3 is 56.6 Å². The van der Waals surface area contributed by atoms with Gasteiger partial charge in [-0.3, -0.25) is 14.4 Å². The minimum atomic E-state index is -5.17. The Hall–Kier alpha value is -8.36. The number of phenolic OH excluding ortho intramolecular Hbond substituents is 1. The topological polar surface area (TPSA) is 421 Å². The summed E-state index contributed by atoms with van der Waals surface area (Å²) in [6.45, 7) is 4.73. The van der Waals surface area contributed by atoms with Gasteiger partial charge in [0.05, 0.1) is 28.4 Å². The molecule has 4 aliphatic rings. The number of ether oxygens (including phenoxy) is 1. The molecule has 8 rings (SSSR count). The largest absolute Gasteiger partial charge is 0.508 e. The molecule has 0 aromatic heterocycles. The number of alkyl carbamates (subject to hydrolysis) is 1. The van der Waals surface area contributed by atoms with E-state index in [0.717, 1.165) is 38.5 Å². The van der Waals surface area contributed by atoms with Crippen molar-refractivity contribution in [3.63, 3.8) is 0 Å². The number of hydrogen-bond acceptors (Lipinski definition) is 19. The fourth-order valence-corrected chi connectivity index (χ4v) is 16.0. The molecule has 101 heavy (non-hydrogen) atoms. The summed E-state index contributed by atoms with van der Waals surface area (Å²) in [6.07, 6.45) is 7.67. The molecule has 0 spiro atoms. The Morgan fingerprint density at radius 3 is 1.47 bits per heavy atom. The first-order valence-electron chi connectivity index (χ1n) is 31.9. The van der Waals surface area contributed by atoms with Crippen LogP contribution in [0.25, 0.3) is 33.4 Å². The zero-order valence-electron chi connectivity index (χ0n) is 54.9. The van der Waals surface area contributed by atoms with Crippen LogP contribution in [-0.4, -0.2) is 128 Å². The number of rotatable bonds is 23. The van der Waals surface area contributed by atoms with Crippen molar-refractivity contribution in [3.05, 3.63) is 105 Å². The van der Waals surface area contributed by atoms with Gasteiger partial charge >= 0.3 is 12.1 Å². The molecule has 552 valence electrons. The highest BCUT2D eigenvalue weighted by Gasteiger charge is 2.39. The number of primary sulfonamides is 2. The van der Waals surface area contributed by atoms with Gasteiger partial charge in [-0.2, -0.15) is 0 Å². The van der Waals surface area contributed by atoms with E-state index in [0.29, 0.717) is 67.9 Å². The predicted molar refractivity (Wildman–Crippen MR) is 366 cm³/mol. The Kier molecular flexibility index (Phi) is 27.0. The van der Waals surface area contributed by atoms with E-state index < -0.39 is 171 Å². The summed E-state index contributed by atoms with van der Waals surface area (Å²) in [5.41, 5.74) is -1.66. The van der Waals surface area contributed by atoms with Gasteiger partial charge in [0.1, 0.15) is 32.5 Å². The molecule has 0 bridgehead atoms. The van der Waals surface area contributed by atoms with Crippen LogP contribution < -0.4 is 52.9 Å². The molecule has 3 amide bonds. The first-order valence-corrected chi connectivity index (χ1v) is 38.7. The van der Waals surface area contributed by atoms with E-state index in [4.69, 9.17) is 31.6 Å². The SMILES string of the molecule is CC(C)(C)OC(=O)NCCNC(=O)CCS(=O)(=O)c1c(F)c(F)c(S(N)(=O)=O)c(F)c1NC1CCCCCCC1.NS(=O)(=O)c1c(F)c(F)c(S(=O)(=O)CCC(=O)NCCNC(=S)Nc2ccc(-c3c4ccc(=O)cc-4oc4cc(O)ccc34)c(C(=O)O)c2)c(NC2CCCCCCC2)c1F. The molecule has 3 aliphatic carbocycles. The molecule has 37 heteroatoms. The van der Waals surface area contributed by atoms with E-state index in [1.54, 1.807) is 32.9 Å². The maximum atomic E-state index is 15.7. The number of carboxylic acids is 1. The van der Waals surface area contributed by atoms with Crippen molar-refractivity contribution >= 4 is 109 Å². The van der Waals surface area contributed by atoms with Crippen molar-refractivity contribution in [1.82, 2.24) is 21.3 Å². The highest BCUT2D eigenvalue weighted by molar-refractivity contribution is 7.92. The Bertz CT molecular complexity index is 4630. The smallest absolute Gasteiger partial charge is 0.407 e. The summed E-state index contributed by atoms with van der Waals surface area (Å²) in [7, 11) is -20.1. The number of thiocarbonyl (C=S) groups is 1. The summed E-state index contributed by atoms with van der Waals surface area (Å²) in [6, 6.07) is 11.7. The average molecular weight is 1520 g/mol. The van der Waals surface area contributed by atoms with E-state index in [1.807, 2.05) is 0 Å². The molecule has 0 unspecified atom stereocenters. The standard InChI is InChI=1S/C40H40F3N5O10S3.C24H37F3N4O7S2/c41-33-34(42)38(36(35(43)37(33)61(44,56)57)47-21-6-4-2-1-3-5-7-21)60(54,55)17-14-31(51)45-15-16-46-40(59)48-22-8-11-25(28(18-22)39(52)53)32-26-12-9-23(49)19-29(26)58-30-20-24(50)10-13-27(30)32;1-24(2,3)38-23(33)30-13-12-29-16(32)11-14-39(34,35)22-18(26)17(25)21(40(28,36)37)19(27)20(22)31-15-9-7-5-4-6-8-10-15/h8-13,18-21,47,49H,1-7,14-17H2,(H,45,51)(H,52,53)(H2,44,56,57)(H2,46,48,59);15,31H,4-14H2,1-3H3,(H,29,32)(H,30,33)(H2,28,36,37). The number of carbonyl (C=O) groups is 4. The van der Waals surface area contributed by atoms with E-state index in [9.17, 15) is 76.6 Å². The summed E-state index contributed by atoms with van der Waals surface area (Å²) in [5.74, 6) is -17.5. The number of amides is 3. The third-order valence-corrected chi connectivity index (χ3v) is 21.7. The van der Waals surface area contributed by atoms with Gasteiger partial charge in [-0.15, -0.1) is 0 Å². The number of nitrogens with one attached hydrogen (secondary N) is 7. The lowest BCUT2D eigenvalue weighted by Crippen LogP contribution is -2.38. The third-order valence-electron chi connectivity index (χ3n) is 16.1. The summed E-state index contributed by atoms with van der Waals surface area (Å²) < 4.78 is 203. The molecule has 26 nitrogen and oxygen atoms in total. The highest BCUT2D eigenvalue weighted by Crippen LogP contribution is 2.44. The summed E-state index contributed by atoms with van der Waals surface area (Å²) in [4.78, 5) is 54.7. The Balaban J connectivity index is 0.000000311. The van der Waals surface area contributed by atoms with Gasteiger partial charge in [0.25, 0.3) is 0 Å². The molecule has 2 saturated carbocycles. The predicted octanol–water partition coefficient (Wildman–Crippen LogP) is 8.91. The maximum absolute atomic E-state index is 15.7. The number of sulfonamides is 2. The molecule has 0 radical (unpaired) electrons. The number of fused-ring (bicyclic) bond motifs is 2. The number of carbonyl (C=O) groups excluding carboxylic acids is 3. The molecule has 0 atom stereocenters. The number of carboxylic acid groups (broad SMARTS) is 1. The lowest BCUT2D eigenvalue weighted by Gasteiger charge is -2.25. The molecule has 2 fully saturated rings. The second kappa shape index (κ2) is 34.1. The summed E-state index contributed by atoms with van der Waals surface area (Å²) >= 11 is 5.33. The van der Waals surface area contributed by atoms with Crippen molar-refractivity contribution in [3.8, 4) is 28.2 Å². The third kappa shape index (κ3) is 21.4. The van der Waals surface area contributed by atoms with Gasteiger partial charge in [0.2, 0.25) is 31.9 Å². The number of aromatic hydroxyl groups is 1. The monoisotopic (exact) mass is 1520 g/mol. The molecule has 4 aromatic rings. The fourth-order valence-electron chi connectivity index (χ4n) is 11.4. The molecule has 0 saturated heterocycles. The maximum Gasteiger partial charge on any atom is 0.407 e. The number of anilines is 3. The van der Waals surface area contributed by atoms with Crippen LogP contribution in [0.4, 0.5) is 48.2 Å². The molecule has 1 aliphatic heterocycles. The zero-order chi connectivity index (χ0) is 74.5. The Labute approximate surface area is 583 Å². The summed E-state index contributed by atoms with van der Waals surface area (Å²) in [5, 5.41) is 48.7. The van der Waals surface area contributed by atoms with Gasteiger partial charge in [-0.05, 0) is 101 Å². The normalized spacial score (nSPS) is 14.6. The van der Waals surface area contributed by atoms with Crippen LogP contribution in [-0.2, 0) is 54.0 Å². The molecule has 1 heterocycles. The van der Waals surface area contributed by atoms with E-state index in [1.165, 1.54) is 42.5 Å². The van der Waals surface area contributed by atoms with Crippen LogP contribution in [0, 0.1) is 34.9 Å². The van der Waals surface area contributed by atoms with Crippen LogP contribution in [0.5, 0.6) is 5.75 Å². The number of phenols is 1. The second-order valence-corrected chi connectivity index (χ2v) is 32.4. The Morgan fingerprint density at radius 2 is 1.01 bits per heavy atom. The van der Waals surface area contributed by atoms with E-state index in [2.05, 4.69) is 37.2 Å². The van der Waals surface area contributed by atoms with Crippen LogP contribution in [0.15, 0.2) is 83.4 Å². The minimum absolute atomic E-state index is 0.0102. The first-order chi connectivity index (χ1) is 47.3. The number of benzene rings is 5. The number of nitrogens with two attached hydrogens (primary N) is 2. The molecule has 13 N–H and O–H groups in total. The van der Waals surface area contributed by atoms with Crippen molar-refractivity contribution in [2.75, 3.05) is 53.6 Å². The van der Waals surface area contributed by atoms with E-state index >= 15 is 17.6 Å². The van der Waals surface area contributed by atoms with Crippen molar-refractivity contribution in [2.45, 2.75) is 161 Å². The highest BCUT2D eigenvalue weighted by atomic mass is 32.2. The molecular formula is C64H77F6N9O17S5.